The Morgan fingerprint density at radius 2 is 0.566 bits per heavy atom. The number of fused-ring (bicyclic) bond motifs is 10. The van der Waals surface area contributed by atoms with Gasteiger partial charge >= 0.3 is 0 Å². The predicted octanol–water partition coefficient (Wildman–Crippen LogP) is 21.0. The summed E-state index contributed by atoms with van der Waals surface area (Å²) in [6.07, 6.45) is 1.88. The number of aryl methyl sites for hydroxylation is 2. The average molecular weight is 1230 g/mol. The summed E-state index contributed by atoms with van der Waals surface area (Å²) in [4.78, 5) is 68.7. The molecule has 390 valence electrons. The molecule has 76 heavy (non-hydrogen) atoms. The molecule has 0 fully saturated rings. The van der Waals surface area contributed by atoms with Gasteiger partial charge in [-0.3, -0.25) is 28.3 Å². The quantitative estimate of drug-likeness (QED) is 0.159. The first-order valence-electron chi connectivity index (χ1n) is 25.2. The van der Waals surface area contributed by atoms with Crippen molar-refractivity contribution in [2.75, 3.05) is 0 Å². The van der Waals surface area contributed by atoms with Crippen LogP contribution in [0.1, 0.15) is 81.8 Å². The van der Waals surface area contributed by atoms with Crippen LogP contribution >= 0.6 is 136 Å². The Morgan fingerprint density at radius 1 is 0.316 bits per heavy atom. The zero-order valence-corrected chi connectivity index (χ0v) is 53.6. The molecule has 0 amide bonds. The Kier molecular flexibility index (Phi) is 16.3. The molecular formula is C58H52N2O4S12. The maximum Gasteiger partial charge on any atom is 0.262 e. The first kappa shape index (κ1) is 55.1. The molecule has 0 saturated carbocycles. The third-order valence-electron chi connectivity index (χ3n) is 12.3. The predicted molar refractivity (Wildman–Crippen MR) is 355 cm³/mol. The van der Waals surface area contributed by atoms with Crippen LogP contribution in [0.5, 0.6) is 0 Å². The van der Waals surface area contributed by atoms with Gasteiger partial charge in [0.25, 0.3) is 22.2 Å². The lowest BCUT2D eigenvalue weighted by atomic mass is 10.3. The van der Waals surface area contributed by atoms with E-state index in [0.717, 1.165) is 70.7 Å². The summed E-state index contributed by atoms with van der Waals surface area (Å²) in [5.74, 6) is 0. The molecule has 14 heterocycles. The van der Waals surface area contributed by atoms with Gasteiger partial charge in [-0.15, -0.1) is 136 Å². The monoisotopic (exact) mass is 1220 g/mol. The molecule has 6 nitrogen and oxygen atoms in total. The number of hydrogen-bond donors (Lipinski definition) is 0. The van der Waals surface area contributed by atoms with Gasteiger partial charge in [-0.2, -0.15) is 0 Å². The van der Waals surface area contributed by atoms with Gasteiger partial charge in [0.15, 0.2) is 0 Å². The molecule has 0 aliphatic carbocycles. The van der Waals surface area contributed by atoms with E-state index in [4.69, 9.17) is 0 Å². The zero-order valence-electron chi connectivity index (χ0n) is 43.8. The Bertz CT molecular complexity index is 4610. The summed E-state index contributed by atoms with van der Waals surface area (Å²) in [6, 6.07) is 26.1. The Balaban J connectivity index is 0.000000787. The maximum atomic E-state index is 13.7. The Morgan fingerprint density at radius 3 is 0.855 bits per heavy atom. The summed E-state index contributed by atoms with van der Waals surface area (Å²) < 4.78 is 16.1. The molecule has 0 unspecified atom stereocenters. The molecule has 0 aliphatic rings. The van der Waals surface area contributed by atoms with E-state index >= 15 is 0 Å². The number of aromatic nitrogens is 2. The molecule has 18 heteroatoms. The first-order chi connectivity index (χ1) is 36.9. The summed E-state index contributed by atoms with van der Waals surface area (Å²) >= 11 is 20.7. The minimum atomic E-state index is -0.260. The fourth-order valence-corrected chi connectivity index (χ4v) is 23.8. The molecule has 0 bridgehead atoms. The molecule has 0 aromatic carbocycles. The molecule has 14 rings (SSSR count). The van der Waals surface area contributed by atoms with Crippen molar-refractivity contribution in [2.24, 2.45) is 14.1 Å². The van der Waals surface area contributed by atoms with Gasteiger partial charge in [0, 0.05) is 117 Å². The van der Waals surface area contributed by atoms with E-state index in [0.29, 0.717) is 21.5 Å². The second-order valence-electron chi connectivity index (χ2n) is 16.6. The van der Waals surface area contributed by atoms with Crippen LogP contribution in [-0.4, -0.2) is 9.13 Å². The Labute approximate surface area is 487 Å². The Hall–Kier alpha value is -4.28. The highest BCUT2D eigenvalue weighted by Gasteiger charge is 2.22. The van der Waals surface area contributed by atoms with Crippen LogP contribution in [0.2, 0.25) is 0 Å². The van der Waals surface area contributed by atoms with Gasteiger partial charge in [0.2, 0.25) is 0 Å². The van der Waals surface area contributed by atoms with E-state index in [1.54, 1.807) is 116 Å². The number of thiophene rings is 12. The van der Waals surface area contributed by atoms with Crippen molar-refractivity contribution >= 4 is 214 Å². The highest BCUT2D eigenvalue weighted by atomic mass is 32.1. The largest absolute Gasteiger partial charge is 0.277 e. The summed E-state index contributed by atoms with van der Waals surface area (Å²) in [6.45, 7) is 20.3. The summed E-state index contributed by atoms with van der Waals surface area (Å²) in [5, 5.41) is 2.37. The van der Waals surface area contributed by atoms with Crippen molar-refractivity contribution in [1.29, 1.82) is 0 Å². The van der Waals surface area contributed by atoms with Crippen LogP contribution in [-0.2, 0) is 26.9 Å². The minimum Gasteiger partial charge on any atom is -0.277 e. The highest BCUT2D eigenvalue weighted by Crippen LogP contribution is 2.49. The second-order valence-corrected chi connectivity index (χ2v) is 30.0. The molecular weight excluding hydrogens is 1170 g/mol. The van der Waals surface area contributed by atoms with Crippen molar-refractivity contribution in [3.05, 3.63) is 134 Å². The highest BCUT2D eigenvalue weighted by molar-refractivity contribution is 7.37. The number of hydrogen-bond acceptors (Lipinski definition) is 16. The third-order valence-corrected chi connectivity index (χ3v) is 27.1. The summed E-state index contributed by atoms with van der Waals surface area (Å²) in [5.41, 5.74) is -1.03. The molecule has 0 N–H and O–H groups in total. The lowest BCUT2D eigenvalue weighted by molar-refractivity contribution is 0.846. The van der Waals surface area contributed by atoms with Gasteiger partial charge < -0.3 is 0 Å². The molecule has 0 atom stereocenters. The van der Waals surface area contributed by atoms with E-state index in [-0.39, 0.29) is 22.2 Å². The van der Waals surface area contributed by atoms with E-state index in [2.05, 4.69) is 62.4 Å². The van der Waals surface area contributed by atoms with Crippen molar-refractivity contribution < 1.29 is 0 Å². The molecule has 0 spiro atoms. The lowest BCUT2D eigenvalue weighted by Gasteiger charge is -1.93. The van der Waals surface area contributed by atoms with Gasteiger partial charge in [-0.05, 0) is 86.1 Å². The molecule has 0 radical (unpaired) electrons. The standard InChI is InChI=1S/C50H28N2O4S12.4C2H6/c1-5-20-8-28-36(58-20)16-40(62-28)32-12-24-45(66-32)46-26(50(56)52(4)48(24)54)14-34(68-46)42-18-38-30(64-42)10-22(60-38)7-21-9-29-37(59-21)17-41(63-29)33-13-25-44(67-33)43-23(47(53)51(3)49(25)55)11-31(65-43)39-15-35-27(61-39)6-19(2)57-35;4*1-2/h6,8-18H,5,7H2,1-4H3;4*1-2H3. The number of nitrogens with zero attached hydrogens (tertiary/aromatic N) is 2. The molecule has 14 aromatic rings. The molecule has 0 saturated heterocycles. The lowest BCUT2D eigenvalue weighted by Crippen LogP contribution is -2.26. The minimum absolute atomic E-state index is 0.253. The van der Waals surface area contributed by atoms with E-state index < -0.39 is 0 Å². The van der Waals surface area contributed by atoms with Crippen LogP contribution in [0.3, 0.4) is 0 Å². The van der Waals surface area contributed by atoms with Crippen LogP contribution in [0.4, 0.5) is 0 Å². The molecule has 0 aliphatic heterocycles. The normalized spacial score (nSPS) is 11.5. The fourth-order valence-electron chi connectivity index (χ4n) is 8.89. The van der Waals surface area contributed by atoms with Crippen molar-refractivity contribution in [1.82, 2.24) is 9.13 Å². The van der Waals surface area contributed by atoms with E-state index in [1.807, 2.05) is 114 Å². The van der Waals surface area contributed by atoms with Crippen LogP contribution < -0.4 is 22.2 Å². The van der Waals surface area contributed by atoms with Gasteiger partial charge in [-0.25, -0.2) is 0 Å². The number of rotatable bonds is 7. The zero-order chi connectivity index (χ0) is 54.0. The fraction of sp³-hybridized carbons (Fsp3) is 0.241. The van der Waals surface area contributed by atoms with E-state index in [9.17, 15) is 19.2 Å². The average Bonchev–Trinajstić information content (AvgIpc) is 4.31. The maximum absolute atomic E-state index is 13.7. The molecule has 14 aromatic heterocycles. The third kappa shape index (κ3) is 9.55. The smallest absolute Gasteiger partial charge is 0.262 e. The van der Waals surface area contributed by atoms with E-state index in [1.165, 1.54) is 66.2 Å². The second kappa shape index (κ2) is 22.5. The van der Waals surface area contributed by atoms with Gasteiger partial charge in [0.1, 0.15) is 0 Å². The van der Waals surface area contributed by atoms with Crippen LogP contribution in [0.15, 0.2) is 92.0 Å². The SMILES string of the molecule is CC.CC.CC.CC.CCc1cc2sc(-c3cc4c(=O)n(C)c(=O)c5cc(-c6cc7sc(Cc8cc9sc(-c%10cc%11c(=O)n(C)c(=O)c%12cc(-c%13cc%14sc(C)cc%14s%13)sc%12c%11s%10)cc9s8)cc7s6)sc5c4s3)cc2s1. The topological polar surface area (TPSA) is 78.1 Å². The van der Waals surface area contributed by atoms with Gasteiger partial charge in [-0.1, -0.05) is 62.3 Å². The summed E-state index contributed by atoms with van der Waals surface area (Å²) in [7, 11) is 3.19. The first-order valence-corrected chi connectivity index (χ1v) is 35.0. The van der Waals surface area contributed by atoms with Crippen LogP contribution in [0, 0.1) is 6.92 Å². The van der Waals surface area contributed by atoms with Crippen molar-refractivity contribution in [3.8, 4) is 39.0 Å². The van der Waals surface area contributed by atoms with Crippen molar-refractivity contribution in [2.45, 2.75) is 82.1 Å². The van der Waals surface area contributed by atoms with Crippen molar-refractivity contribution in [3.63, 3.8) is 0 Å². The van der Waals surface area contributed by atoms with Gasteiger partial charge in [0.05, 0.1) is 40.3 Å². The van der Waals surface area contributed by atoms with Crippen LogP contribution in [0.25, 0.3) is 117 Å².